The van der Waals surface area contributed by atoms with E-state index in [0.717, 1.165) is 19.5 Å². The van der Waals surface area contributed by atoms with Gasteiger partial charge in [0.05, 0.1) is 0 Å². The van der Waals surface area contributed by atoms with Crippen LogP contribution in [-0.2, 0) is 0 Å². The highest BCUT2D eigenvalue weighted by Crippen LogP contribution is 2.16. The van der Waals surface area contributed by atoms with E-state index >= 15 is 0 Å². The van der Waals surface area contributed by atoms with E-state index in [1.54, 1.807) is 11.9 Å². The number of anilines is 1. The minimum absolute atomic E-state index is 0. The van der Waals surface area contributed by atoms with Gasteiger partial charge in [0.2, 0.25) is 0 Å². The quantitative estimate of drug-likeness (QED) is 0.822. The lowest BCUT2D eigenvalue weighted by molar-refractivity contribution is 0.0748. The molecule has 0 bridgehead atoms. The average Bonchev–Trinajstić information content (AvgIpc) is 2.50. The summed E-state index contributed by atoms with van der Waals surface area (Å²) in [5.41, 5.74) is 7.48. The SMILES string of the molecule is CCCN(CC)c1ccc(C(=O)N(C)C(C)CN)cc1.Cl.Cl. The fourth-order valence-corrected chi connectivity index (χ4v) is 2.12. The highest BCUT2D eigenvalue weighted by molar-refractivity contribution is 5.94. The van der Waals surface area contributed by atoms with Crippen molar-refractivity contribution in [2.24, 2.45) is 5.73 Å². The van der Waals surface area contributed by atoms with Crippen LogP contribution >= 0.6 is 24.8 Å². The van der Waals surface area contributed by atoms with Gasteiger partial charge in [-0.25, -0.2) is 0 Å². The van der Waals surface area contributed by atoms with Crippen LogP contribution in [0.3, 0.4) is 0 Å². The van der Waals surface area contributed by atoms with Gasteiger partial charge in [0, 0.05) is 44.0 Å². The molecule has 1 atom stereocenters. The first-order valence-electron chi connectivity index (χ1n) is 7.37. The number of rotatable bonds is 7. The van der Waals surface area contributed by atoms with Crippen molar-refractivity contribution in [3.8, 4) is 0 Å². The summed E-state index contributed by atoms with van der Waals surface area (Å²) in [4.78, 5) is 16.3. The van der Waals surface area contributed by atoms with Crippen LogP contribution in [-0.4, -0.2) is 43.5 Å². The molecule has 0 saturated heterocycles. The van der Waals surface area contributed by atoms with Crippen molar-refractivity contribution in [3.63, 3.8) is 0 Å². The second-order valence-electron chi connectivity index (χ2n) is 5.13. The van der Waals surface area contributed by atoms with Gasteiger partial charge >= 0.3 is 0 Å². The van der Waals surface area contributed by atoms with Gasteiger partial charge in [-0.05, 0) is 44.5 Å². The Labute approximate surface area is 146 Å². The Morgan fingerprint density at radius 2 is 1.73 bits per heavy atom. The van der Waals surface area contributed by atoms with Crippen LogP contribution in [0.25, 0.3) is 0 Å². The predicted octanol–water partition coefficient (Wildman–Crippen LogP) is 3.19. The lowest BCUT2D eigenvalue weighted by Crippen LogP contribution is -2.39. The number of amides is 1. The van der Waals surface area contributed by atoms with Gasteiger partial charge in [0.15, 0.2) is 0 Å². The number of carbonyl (C=O) groups excluding carboxylic acids is 1. The van der Waals surface area contributed by atoms with Gasteiger partial charge in [0.1, 0.15) is 0 Å². The van der Waals surface area contributed by atoms with Gasteiger partial charge in [0.25, 0.3) is 5.91 Å². The Hall–Kier alpha value is -0.970. The molecule has 1 aromatic carbocycles. The third-order valence-corrected chi connectivity index (χ3v) is 3.68. The van der Waals surface area contributed by atoms with E-state index in [1.165, 1.54) is 5.69 Å². The van der Waals surface area contributed by atoms with E-state index in [-0.39, 0.29) is 36.8 Å². The largest absolute Gasteiger partial charge is 0.372 e. The zero-order valence-corrected chi connectivity index (χ0v) is 15.5. The smallest absolute Gasteiger partial charge is 0.253 e. The van der Waals surface area contributed by atoms with Crippen LogP contribution in [0.15, 0.2) is 24.3 Å². The van der Waals surface area contributed by atoms with Crippen molar-refractivity contribution in [1.82, 2.24) is 4.90 Å². The second kappa shape index (κ2) is 11.6. The summed E-state index contributed by atoms with van der Waals surface area (Å²) < 4.78 is 0. The van der Waals surface area contributed by atoms with E-state index in [1.807, 2.05) is 31.2 Å². The number of carbonyl (C=O) groups is 1. The van der Waals surface area contributed by atoms with Crippen LogP contribution < -0.4 is 10.6 Å². The predicted molar refractivity (Wildman–Crippen MR) is 99.7 cm³/mol. The monoisotopic (exact) mass is 349 g/mol. The average molecular weight is 350 g/mol. The molecule has 128 valence electrons. The Kier molecular flexibility index (Phi) is 12.3. The molecule has 1 amide bonds. The normalized spacial score (nSPS) is 11.0. The molecule has 1 aromatic rings. The molecule has 22 heavy (non-hydrogen) atoms. The Morgan fingerprint density at radius 1 is 1.18 bits per heavy atom. The minimum atomic E-state index is 0. The van der Waals surface area contributed by atoms with Gasteiger partial charge in [-0.2, -0.15) is 0 Å². The maximum Gasteiger partial charge on any atom is 0.253 e. The van der Waals surface area contributed by atoms with Gasteiger partial charge in [-0.3, -0.25) is 4.79 Å². The van der Waals surface area contributed by atoms with Crippen LogP contribution in [0.5, 0.6) is 0 Å². The summed E-state index contributed by atoms with van der Waals surface area (Å²) in [5, 5.41) is 0. The molecule has 0 spiro atoms. The first-order valence-corrected chi connectivity index (χ1v) is 7.37. The lowest BCUT2D eigenvalue weighted by atomic mass is 10.1. The number of nitrogens with zero attached hydrogens (tertiary/aromatic N) is 2. The number of nitrogens with two attached hydrogens (primary N) is 1. The molecule has 0 heterocycles. The minimum Gasteiger partial charge on any atom is -0.372 e. The first-order chi connectivity index (χ1) is 9.54. The standard InChI is InChI=1S/C16H27N3O.2ClH/c1-5-11-19(6-2)15-9-7-14(8-10-15)16(20)18(4)13(3)12-17;;/h7-10,13H,5-6,11-12,17H2,1-4H3;2*1H. The molecule has 0 aromatic heterocycles. The highest BCUT2D eigenvalue weighted by Gasteiger charge is 2.16. The van der Waals surface area contributed by atoms with Crippen molar-refractivity contribution in [2.45, 2.75) is 33.2 Å². The summed E-state index contributed by atoms with van der Waals surface area (Å²) in [6.45, 7) is 8.75. The third kappa shape index (κ3) is 6.03. The third-order valence-electron chi connectivity index (χ3n) is 3.68. The molecule has 0 saturated carbocycles. The van der Waals surface area contributed by atoms with Crippen LogP contribution in [0.1, 0.15) is 37.6 Å². The van der Waals surface area contributed by atoms with Crippen molar-refractivity contribution in [1.29, 1.82) is 0 Å². The molecule has 0 aliphatic heterocycles. The first kappa shape index (κ1) is 23.3. The second-order valence-corrected chi connectivity index (χ2v) is 5.13. The zero-order valence-electron chi connectivity index (χ0n) is 13.9. The molecular weight excluding hydrogens is 321 g/mol. The van der Waals surface area contributed by atoms with Crippen LogP contribution in [0.4, 0.5) is 5.69 Å². The van der Waals surface area contributed by atoms with E-state index < -0.39 is 0 Å². The van der Waals surface area contributed by atoms with Gasteiger partial charge < -0.3 is 15.5 Å². The van der Waals surface area contributed by atoms with E-state index in [2.05, 4.69) is 18.7 Å². The Morgan fingerprint density at radius 3 is 2.14 bits per heavy atom. The number of hydrogen-bond acceptors (Lipinski definition) is 3. The van der Waals surface area contributed by atoms with Crippen molar-refractivity contribution >= 4 is 36.4 Å². The molecule has 1 rings (SSSR count). The van der Waals surface area contributed by atoms with E-state index in [9.17, 15) is 4.79 Å². The highest BCUT2D eigenvalue weighted by atomic mass is 35.5. The summed E-state index contributed by atoms with van der Waals surface area (Å²) in [6, 6.07) is 7.89. The Balaban J connectivity index is 0. The summed E-state index contributed by atoms with van der Waals surface area (Å²) in [6.07, 6.45) is 1.12. The summed E-state index contributed by atoms with van der Waals surface area (Å²) in [5.74, 6) is 0.0213. The van der Waals surface area contributed by atoms with E-state index in [4.69, 9.17) is 5.73 Å². The molecule has 4 nitrogen and oxygen atoms in total. The van der Waals surface area contributed by atoms with Gasteiger partial charge in [-0.15, -0.1) is 24.8 Å². The molecule has 0 fully saturated rings. The number of halogens is 2. The molecule has 6 heteroatoms. The maximum atomic E-state index is 12.3. The molecular formula is C16H29Cl2N3O. The number of hydrogen-bond donors (Lipinski definition) is 1. The van der Waals surface area contributed by atoms with Crippen molar-refractivity contribution < 1.29 is 4.79 Å². The molecule has 0 aliphatic carbocycles. The van der Waals surface area contributed by atoms with Crippen LogP contribution in [0, 0.1) is 0 Å². The zero-order chi connectivity index (χ0) is 15.1. The topological polar surface area (TPSA) is 49.6 Å². The fourth-order valence-electron chi connectivity index (χ4n) is 2.12. The fraction of sp³-hybridized carbons (Fsp3) is 0.562. The summed E-state index contributed by atoms with van der Waals surface area (Å²) >= 11 is 0. The lowest BCUT2D eigenvalue weighted by Gasteiger charge is -2.25. The van der Waals surface area contributed by atoms with Crippen molar-refractivity contribution in [2.75, 3.05) is 31.6 Å². The Bertz CT molecular complexity index is 426. The number of likely N-dealkylation sites (N-methyl/N-ethyl adjacent to an activating group) is 1. The summed E-state index contributed by atoms with van der Waals surface area (Å²) in [7, 11) is 1.79. The van der Waals surface area contributed by atoms with Crippen LogP contribution in [0.2, 0.25) is 0 Å². The molecule has 0 radical (unpaired) electrons. The van der Waals surface area contributed by atoms with Gasteiger partial charge in [-0.1, -0.05) is 6.92 Å². The van der Waals surface area contributed by atoms with Crippen molar-refractivity contribution in [3.05, 3.63) is 29.8 Å². The molecule has 2 N–H and O–H groups in total. The van der Waals surface area contributed by atoms with E-state index in [0.29, 0.717) is 12.1 Å². The maximum absolute atomic E-state index is 12.3. The molecule has 0 aliphatic rings. The number of benzene rings is 1. The molecule has 1 unspecified atom stereocenters.